The van der Waals surface area contributed by atoms with Crippen LogP contribution in [0.25, 0.3) is 0 Å². The molecule has 0 spiro atoms. The summed E-state index contributed by atoms with van der Waals surface area (Å²) < 4.78 is 7.36. The van der Waals surface area contributed by atoms with Gasteiger partial charge in [0.25, 0.3) is 5.91 Å². The van der Waals surface area contributed by atoms with Gasteiger partial charge in [-0.05, 0) is 31.4 Å². The Morgan fingerprint density at radius 3 is 2.85 bits per heavy atom. The van der Waals surface area contributed by atoms with Crippen LogP contribution in [0.2, 0.25) is 0 Å². The van der Waals surface area contributed by atoms with E-state index in [1.807, 2.05) is 24.0 Å². The average Bonchev–Trinajstić information content (AvgIpc) is 3.12. The molecular formula is C19H25N5O2. The van der Waals surface area contributed by atoms with Crippen molar-refractivity contribution >= 4 is 5.91 Å². The summed E-state index contributed by atoms with van der Waals surface area (Å²) in [6.07, 6.45) is 1.89. The van der Waals surface area contributed by atoms with E-state index in [0.29, 0.717) is 32.2 Å². The second kappa shape index (κ2) is 6.81. The average molecular weight is 355 g/mol. The first kappa shape index (κ1) is 17.2. The Morgan fingerprint density at radius 2 is 2.12 bits per heavy atom. The van der Waals surface area contributed by atoms with Gasteiger partial charge in [0.05, 0.1) is 13.2 Å². The van der Waals surface area contributed by atoms with Gasteiger partial charge in [-0.3, -0.25) is 4.79 Å². The first-order valence-corrected chi connectivity index (χ1v) is 9.12. The Morgan fingerprint density at radius 1 is 1.31 bits per heavy atom. The minimum Gasteiger partial charge on any atom is -0.383 e. The molecule has 0 saturated heterocycles. The molecule has 1 amide bonds. The fraction of sp³-hybridized carbons (Fsp3) is 0.526. The van der Waals surface area contributed by atoms with Crippen molar-refractivity contribution in [1.29, 1.82) is 0 Å². The Bertz CT molecular complexity index is 825. The SMILES string of the molecule is COCCn1c(CN2Cc3ccc(C)cc3C2=O)nnc1C1CC(N)C1. The molecule has 0 radical (unpaired) electrons. The molecule has 26 heavy (non-hydrogen) atoms. The van der Waals surface area contributed by atoms with Crippen LogP contribution in [0, 0.1) is 6.92 Å². The van der Waals surface area contributed by atoms with E-state index in [1.54, 1.807) is 7.11 Å². The molecule has 1 aliphatic heterocycles. The molecule has 1 aliphatic carbocycles. The molecule has 0 unspecified atom stereocenters. The summed E-state index contributed by atoms with van der Waals surface area (Å²) in [5.41, 5.74) is 8.92. The standard InChI is InChI=1S/C19H25N5O2/c1-12-3-4-13-10-23(19(25)16(13)7-12)11-17-21-22-18(14-8-15(20)9-14)24(17)5-6-26-2/h3-4,7,14-15H,5-6,8-11,20H2,1-2H3. The maximum atomic E-state index is 12.8. The Hall–Kier alpha value is -2.25. The van der Waals surface area contributed by atoms with Crippen LogP contribution in [0.1, 0.15) is 51.9 Å². The maximum Gasteiger partial charge on any atom is 0.254 e. The van der Waals surface area contributed by atoms with Gasteiger partial charge in [0.2, 0.25) is 0 Å². The van der Waals surface area contributed by atoms with Crippen LogP contribution >= 0.6 is 0 Å². The highest BCUT2D eigenvalue weighted by Crippen LogP contribution is 2.35. The normalized spacial score (nSPS) is 21.8. The maximum absolute atomic E-state index is 12.8. The number of fused-ring (bicyclic) bond motifs is 1. The summed E-state index contributed by atoms with van der Waals surface area (Å²) >= 11 is 0. The first-order valence-electron chi connectivity index (χ1n) is 9.12. The number of amides is 1. The van der Waals surface area contributed by atoms with Crippen molar-refractivity contribution in [2.75, 3.05) is 13.7 Å². The number of nitrogens with zero attached hydrogens (tertiary/aromatic N) is 4. The molecule has 2 aromatic rings. The van der Waals surface area contributed by atoms with Crippen LogP contribution in [0.5, 0.6) is 0 Å². The summed E-state index contributed by atoms with van der Waals surface area (Å²) in [4.78, 5) is 14.6. The van der Waals surface area contributed by atoms with Crippen molar-refractivity contribution in [2.24, 2.45) is 5.73 Å². The first-order chi connectivity index (χ1) is 12.6. The molecule has 2 aliphatic rings. The fourth-order valence-corrected chi connectivity index (χ4v) is 3.84. The van der Waals surface area contributed by atoms with Gasteiger partial charge in [0.1, 0.15) is 5.82 Å². The number of aromatic nitrogens is 3. The number of rotatable bonds is 6. The van der Waals surface area contributed by atoms with E-state index in [9.17, 15) is 4.79 Å². The molecule has 1 saturated carbocycles. The van der Waals surface area contributed by atoms with E-state index in [4.69, 9.17) is 10.5 Å². The molecule has 1 aromatic heterocycles. The number of hydrogen-bond acceptors (Lipinski definition) is 5. The van der Waals surface area contributed by atoms with Gasteiger partial charge < -0.3 is 19.9 Å². The molecule has 0 bridgehead atoms. The van der Waals surface area contributed by atoms with Gasteiger partial charge in [0, 0.05) is 37.7 Å². The lowest BCUT2D eigenvalue weighted by Crippen LogP contribution is -2.36. The summed E-state index contributed by atoms with van der Waals surface area (Å²) in [5, 5.41) is 8.82. The number of carbonyl (C=O) groups excluding carboxylic acids is 1. The van der Waals surface area contributed by atoms with Gasteiger partial charge >= 0.3 is 0 Å². The minimum atomic E-state index is 0.0669. The highest BCUT2D eigenvalue weighted by atomic mass is 16.5. The van der Waals surface area contributed by atoms with Crippen molar-refractivity contribution in [3.05, 3.63) is 46.5 Å². The molecule has 138 valence electrons. The van der Waals surface area contributed by atoms with Gasteiger partial charge in [-0.2, -0.15) is 0 Å². The summed E-state index contributed by atoms with van der Waals surface area (Å²) in [5.74, 6) is 2.21. The number of benzene rings is 1. The fourth-order valence-electron chi connectivity index (χ4n) is 3.84. The highest BCUT2D eigenvalue weighted by molar-refractivity contribution is 5.98. The molecule has 1 aromatic carbocycles. The monoisotopic (exact) mass is 355 g/mol. The highest BCUT2D eigenvalue weighted by Gasteiger charge is 2.33. The van der Waals surface area contributed by atoms with Crippen molar-refractivity contribution in [1.82, 2.24) is 19.7 Å². The van der Waals surface area contributed by atoms with E-state index in [2.05, 4.69) is 20.8 Å². The lowest BCUT2D eigenvalue weighted by molar-refractivity contribution is 0.0759. The van der Waals surface area contributed by atoms with Crippen LogP contribution in [-0.4, -0.2) is 45.3 Å². The Labute approximate surface area is 153 Å². The third-order valence-electron chi connectivity index (χ3n) is 5.39. The summed E-state index contributed by atoms with van der Waals surface area (Å²) in [6, 6.07) is 6.32. The largest absolute Gasteiger partial charge is 0.383 e. The lowest BCUT2D eigenvalue weighted by atomic mass is 9.80. The number of nitrogens with two attached hydrogens (primary N) is 1. The smallest absolute Gasteiger partial charge is 0.254 e. The third-order valence-corrected chi connectivity index (χ3v) is 5.39. The van der Waals surface area contributed by atoms with E-state index in [1.165, 1.54) is 0 Å². The van der Waals surface area contributed by atoms with E-state index < -0.39 is 0 Å². The summed E-state index contributed by atoms with van der Waals surface area (Å²) in [6.45, 7) is 4.36. The molecule has 2 heterocycles. The molecule has 0 atom stereocenters. The van der Waals surface area contributed by atoms with Crippen LogP contribution < -0.4 is 5.73 Å². The number of ether oxygens (including phenoxy) is 1. The van der Waals surface area contributed by atoms with Crippen LogP contribution in [0.15, 0.2) is 18.2 Å². The van der Waals surface area contributed by atoms with Gasteiger partial charge in [-0.1, -0.05) is 17.7 Å². The minimum absolute atomic E-state index is 0.0669. The van der Waals surface area contributed by atoms with Crippen LogP contribution in [0.4, 0.5) is 0 Å². The molecule has 1 fully saturated rings. The molecule has 2 N–H and O–H groups in total. The van der Waals surface area contributed by atoms with E-state index in [0.717, 1.165) is 41.2 Å². The Balaban J connectivity index is 1.55. The van der Waals surface area contributed by atoms with E-state index >= 15 is 0 Å². The predicted octanol–water partition coefficient (Wildman–Crippen LogP) is 1.59. The van der Waals surface area contributed by atoms with Crippen molar-refractivity contribution in [3.8, 4) is 0 Å². The second-order valence-corrected chi connectivity index (χ2v) is 7.37. The quantitative estimate of drug-likeness (QED) is 0.850. The number of aryl methyl sites for hydroxylation is 1. The van der Waals surface area contributed by atoms with Crippen LogP contribution in [0.3, 0.4) is 0 Å². The summed E-state index contributed by atoms with van der Waals surface area (Å²) in [7, 11) is 1.69. The number of methoxy groups -OCH3 is 1. The van der Waals surface area contributed by atoms with Crippen molar-refractivity contribution in [3.63, 3.8) is 0 Å². The van der Waals surface area contributed by atoms with E-state index in [-0.39, 0.29) is 11.9 Å². The zero-order chi connectivity index (χ0) is 18.3. The zero-order valence-corrected chi connectivity index (χ0v) is 15.3. The molecule has 7 nitrogen and oxygen atoms in total. The molecular weight excluding hydrogens is 330 g/mol. The Kier molecular flexibility index (Phi) is 4.50. The second-order valence-electron chi connectivity index (χ2n) is 7.37. The number of hydrogen-bond donors (Lipinski definition) is 1. The van der Waals surface area contributed by atoms with Gasteiger partial charge in [0.15, 0.2) is 5.82 Å². The van der Waals surface area contributed by atoms with Gasteiger partial charge in [-0.25, -0.2) is 0 Å². The number of carbonyl (C=O) groups is 1. The molecule has 7 heteroatoms. The lowest BCUT2D eigenvalue weighted by Gasteiger charge is -2.32. The molecule has 4 rings (SSSR count). The van der Waals surface area contributed by atoms with Crippen LogP contribution in [-0.2, 0) is 24.4 Å². The third kappa shape index (κ3) is 3.01. The van der Waals surface area contributed by atoms with Crippen molar-refractivity contribution in [2.45, 2.75) is 51.4 Å². The van der Waals surface area contributed by atoms with Gasteiger partial charge in [-0.15, -0.1) is 10.2 Å². The topological polar surface area (TPSA) is 86.3 Å². The predicted molar refractivity (Wildman–Crippen MR) is 96.6 cm³/mol. The van der Waals surface area contributed by atoms with Crippen molar-refractivity contribution < 1.29 is 9.53 Å². The zero-order valence-electron chi connectivity index (χ0n) is 15.3.